The molecule has 0 heterocycles. The Morgan fingerprint density at radius 1 is 0.370 bits per heavy atom. The fraction of sp³-hybridized carbons (Fsp3) is 0.346. The van der Waals surface area contributed by atoms with Crippen LogP contribution in [0.3, 0.4) is 0 Å². The van der Waals surface area contributed by atoms with Crippen molar-refractivity contribution in [3.05, 3.63) is 129 Å². The average molecular weight is 739 g/mol. The second kappa shape index (κ2) is 19.1. The molecule has 0 unspecified atom stereocenters. The molecule has 0 spiro atoms. The first-order valence-electron chi connectivity index (χ1n) is 20.2. The van der Waals surface area contributed by atoms with Gasteiger partial charge in [-0.15, -0.1) is 11.1 Å². The molecule has 2 heteroatoms. The van der Waals surface area contributed by atoms with Gasteiger partial charge < -0.3 is 0 Å². The van der Waals surface area contributed by atoms with E-state index in [1.807, 2.05) is 0 Å². The Balaban J connectivity index is 1.57. The lowest BCUT2D eigenvalue weighted by atomic mass is 9.90. The first-order chi connectivity index (χ1) is 25.9. The van der Waals surface area contributed by atoms with Gasteiger partial charge in [0.2, 0.25) is 0 Å². The van der Waals surface area contributed by atoms with Gasteiger partial charge in [-0.25, -0.2) is 0 Å². The van der Waals surface area contributed by atoms with Crippen LogP contribution < -0.4 is 0 Å². The quantitative estimate of drug-likeness (QED) is 0.0579. The van der Waals surface area contributed by atoms with Gasteiger partial charge in [0.15, 0.2) is 0 Å². The van der Waals surface area contributed by atoms with Crippen LogP contribution in [0.15, 0.2) is 84.9 Å². The normalized spacial score (nSPS) is 11.1. The molecule has 0 aliphatic carbocycles. The number of unbranched alkanes of at least 4 members (excludes halogenated alkanes) is 6. The summed E-state index contributed by atoms with van der Waals surface area (Å²) in [5.74, 6) is 21.2. The van der Waals surface area contributed by atoms with Crippen LogP contribution in [0, 0.1) is 46.6 Å². The van der Waals surface area contributed by atoms with Crippen molar-refractivity contribution in [2.24, 2.45) is 0 Å². The molecule has 0 N–H and O–H groups in total. The zero-order valence-corrected chi connectivity index (χ0v) is 36.2. The number of fused-ring (bicyclic) bond motifs is 2. The molecule has 5 rings (SSSR count). The molecule has 0 saturated heterocycles. The van der Waals surface area contributed by atoms with E-state index >= 15 is 0 Å². The van der Waals surface area contributed by atoms with Gasteiger partial charge in [-0.2, -0.15) is 0 Å². The van der Waals surface area contributed by atoms with Crippen LogP contribution >= 0.6 is 0 Å². The minimum atomic E-state index is -1.67. The fourth-order valence-electron chi connectivity index (χ4n) is 6.46. The lowest BCUT2D eigenvalue weighted by molar-refractivity contribution is 0.667. The second-order valence-corrected chi connectivity index (χ2v) is 26.3. The molecule has 0 saturated carbocycles. The van der Waals surface area contributed by atoms with Gasteiger partial charge in [0, 0.05) is 44.2 Å². The molecular formula is C52H58Si2. The molecule has 274 valence electrons. The minimum Gasteiger partial charge on any atom is -0.127 e. The molecule has 5 aromatic carbocycles. The van der Waals surface area contributed by atoms with Crippen molar-refractivity contribution in [1.82, 2.24) is 0 Å². The maximum atomic E-state index is 3.69. The molecule has 0 aromatic heterocycles. The average Bonchev–Trinajstić information content (AvgIpc) is 3.15. The van der Waals surface area contributed by atoms with Gasteiger partial charge in [-0.05, 0) is 96.1 Å². The monoisotopic (exact) mass is 738 g/mol. The third-order valence-electron chi connectivity index (χ3n) is 9.49. The maximum absolute atomic E-state index is 3.69. The number of aryl methyl sites for hydroxylation is 2. The van der Waals surface area contributed by atoms with Crippen LogP contribution in [-0.4, -0.2) is 16.1 Å². The molecule has 0 atom stereocenters. The van der Waals surface area contributed by atoms with Crippen LogP contribution in [0.4, 0.5) is 0 Å². The maximum Gasteiger partial charge on any atom is 0.129 e. The van der Waals surface area contributed by atoms with Crippen molar-refractivity contribution in [3.63, 3.8) is 0 Å². The summed E-state index contributed by atoms with van der Waals surface area (Å²) in [6.07, 6.45) is 12.5. The van der Waals surface area contributed by atoms with E-state index in [4.69, 9.17) is 0 Å². The Morgan fingerprint density at radius 2 is 0.722 bits per heavy atom. The van der Waals surface area contributed by atoms with Gasteiger partial charge >= 0.3 is 0 Å². The highest BCUT2D eigenvalue weighted by molar-refractivity contribution is 6.84. The highest BCUT2D eigenvalue weighted by atomic mass is 28.3. The summed E-state index contributed by atoms with van der Waals surface area (Å²) in [7, 11) is -3.34. The molecule has 0 aliphatic heterocycles. The predicted molar refractivity (Wildman–Crippen MR) is 242 cm³/mol. The largest absolute Gasteiger partial charge is 0.129 e. The molecule has 0 amide bonds. The number of hydrogen-bond donors (Lipinski definition) is 0. The van der Waals surface area contributed by atoms with Crippen molar-refractivity contribution >= 4 is 37.7 Å². The molecule has 0 radical (unpaired) electrons. The topological polar surface area (TPSA) is 0 Å². The first kappa shape index (κ1) is 40.5. The van der Waals surface area contributed by atoms with Crippen LogP contribution in [-0.2, 0) is 12.8 Å². The number of rotatable bonds is 10. The van der Waals surface area contributed by atoms with E-state index in [0.717, 1.165) is 67.8 Å². The number of hydrogen-bond acceptors (Lipinski definition) is 0. The fourth-order valence-corrected chi connectivity index (χ4v) is 7.46. The van der Waals surface area contributed by atoms with Gasteiger partial charge in [-0.1, -0.05) is 164 Å². The summed E-state index contributed by atoms with van der Waals surface area (Å²) in [6.45, 7) is 18.3. The van der Waals surface area contributed by atoms with E-state index in [9.17, 15) is 0 Å². The molecule has 5 aromatic rings. The van der Waals surface area contributed by atoms with Crippen molar-refractivity contribution in [3.8, 4) is 46.6 Å². The standard InChI is InChI=1S/C52H58Si2/c1-9-11-13-15-17-41-19-23-43(24-20-41)27-29-45-31-33-47-50(36-38-54(6,7)8)52-40-46(30-28-44-25-21-42(22-26-44)18-16-14-12-10-2)32-34-48(52)49(51(47)39-45)35-37-53(3,4)5/h19-26,31-34,39-40H,9-18H2,1-8H3. The summed E-state index contributed by atoms with van der Waals surface area (Å²) < 4.78 is 0. The molecular weight excluding hydrogens is 681 g/mol. The lowest BCUT2D eigenvalue weighted by Gasteiger charge is -2.13. The smallest absolute Gasteiger partial charge is 0.127 e. The van der Waals surface area contributed by atoms with Crippen LogP contribution in [0.1, 0.15) is 110 Å². The summed E-state index contributed by atoms with van der Waals surface area (Å²) >= 11 is 0. The molecule has 54 heavy (non-hydrogen) atoms. The second-order valence-electron chi connectivity index (χ2n) is 16.8. The van der Waals surface area contributed by atoms with Crippen molar-refractivity contribution < 1.29 is 0 Å². The molecule has 0 bridgehead atoms. The van der Waals surface area contributed by atoms with Gasteiger partial charge in [0.05, 0.1) is 0 Å². The van der Waals surface area contributed by atoms with E-state index in [1.165, 1.54) is 62.5 Å². The zero-order chi connectivity index (χ0) is 38.6. The van der Waals surface area contributed by atoms with Crippen molar-refractivity contribution in [1.29, 1.82) is 0 Å². The minimum absolute atomic E-state index is 0.986. The summed E-state index contributed by atoms with van der Waals surface area (Å²) in [6, 6.07) is 30.8. The van der Waals surface area contributed by atoms with Crippen LogP contribution in [0.2, 0.25) is 39.3 Å². The van der Waals surface area contributed by atoms with Crippen molar-refractivity contribution in [2.45, 2.75) is 117 Å². The van der Waals surface area contributed by atoms with Crippen molar-refractivity contribution in [2.75, 3.05) is 0 Å². The predicted octanol–water partition coefficient (Wildman–Crippen LogP) is 13.5. The van der Waals surface area contributed by atoms with E-state index in [2.05, 4.69) is 185 Å². The van der Waals surface area contributed by atoms with E-state index < -0.39 is 16.1 Å². The summed E-state index contributed by atoms with van der Waals surface area (Å²) in [5.41, 5.74) is 16.3. The third kappa shape index (κ3) is 12.2. The zero-order valence-electron chi connectivity index (χ0n) is 34.2. The highest BCUT2D eigenvalue weighted by Gasteiger charge is 2.16. The number of benzene rings is 5. The van der Waals surface area contributed by atoms with E-state index in [-0.39, 0.29) is 0 Å². The molecule has 0 fully saturated rings. The first-order valence-corrected chi connectivity index (χ1v) is 27.2. The molecule has 0 aliphatic rings. The third-order valence-corrected chi connectivity index (χ3v) is 11.2. The highest BCUT2D eigenvalue weighted by Crippen LogP contribution is 2.34. The molecule has 0 nitrogen and oxygen atoms in total. The Kier molecular flexibility index (Phi) is 14.3. The lowest BCUT2D eigenvalue weighted by Crippen LogP contribution is -2.16. The Hall–Kier alpha value is -4.71. The van der Waals surface area contributed by atoms with E-state index in [1.54, 1.807) is 0 Å². The van der Waals surface area contributed by atoms with Gasteiger partial charge in [0.1, 0.15) is 16.1 Å². The Morgan fingerprint density at radius 3 is 1.07 bits per heavy atom. The Bertz CT molecular complexity index is 2150. The van der Waals surface area contributed by atoms with E-state index in [0.29, 0.717) is 0 Å². The summed E-state index contributed by atoms with van der Waals surface area (Å²) in [4.78, 5) is 0. The van der Waals surface area contributed by atoms with Crippen LogP contribution in [0.25, 0.3) is 21.5 Å². The van der Waals surface area contributed by atoms with Crippen LogP contribution in [0.5, 0.6) is 0 Å². The SMILES string of the molecule is CCCCCCc1ccc(C#Cc2ccc3c(C#C[Si](C)(C)C)c4cc(C#Cc5ccc(CCCCCC)cc5)ccc4c(C#C[Si](C)(C)C)c3c2)cc1. The van der Waals surface area contributed by atoms with Gasteiger partial charge in [0.25, 0.3) is 0 Å². The Labute approximate surface area is 329 Å². The summed E-state index contributed by atoms with van der Waals surface area (Å²) in [5, 5.41) is 4.50. The van der Waals surface area contributed by atoms with Gasteiger partial charge in [-0.3, -0.25) is 0 Å².